The van der Waals surface area contributed by atoms with Crippen LogP contribution in [0.4, 0.5) is 0 Å². The maximum atomic E-state index is 10.4. The van der Waals surface area contributed by atoms with Crippen LogP contribution in [-0.2, 0) is 12.8 Å². The number of aryl methyl sites for hydroxylation is 2. The van der Waals surface area contributed by atoms with Gasteiger partial charge in [-0.2, -0.15) is 0 Å². The summed E-state index contributed by atoms with van der Waals surface area (Å²) >= 11 is 0. The van der Waals surface area contributed by atoms with E-state index >= 15 is 0 Å². The Hall–Kier alpha value is -3.73. The Morgan fingerprint density at radius 3 is 1.53 bits per heavy atom. The molecular formula is C25H23N3O2. The molecule has 150 valence electrons. The molecule has 0 aliphatic heterocycles. The highest BCUT2D eigenvalue weighted by atomic mass is 16.3. The van der Waals surface area contributed by atoms with E-state index in [1.807, 2.05) is 36.4 Å². The molecule has 0 unspecified atom stereocenters. The minimum absolute atomic E-state index is 0.0154. The Bertz CT molecular complexity index is 1140. The zero-order valence-corrected chi connectivity index (χ0v) is 17.0. The standard InChI is InChI=1S/C25H23N3O2/c1-3-16-9-5-7-11-19(16)23-26-24(20-12-8-6-10-17(20)4-2)28-25(27-23)21-14-13-18(29)15-22(21)30/h5-15,29-30H,3-4H2,1-2H3. The monoisotopic (exact) mass is 397 g/mol. The van der Waals surface area contributed by atoms with Crippen molar-refractivity contribution in [2.24, 2.45) is 0 Å². The van der Waals surface area contributed by atoms with Crippen LogP contribution in [0.25, 0.3) is 34.2 Å². The number of nitrogens with zero attached hydrogens (tertiary/aromatic N) is 3. The second-order valence-corrected chi connectivity index (χ2v) is 7.03. The largest absolute Gasteiger partial charge is 0.508 e. The van der Waals surface area contributed by atoms with Crippen molar-refractivity contribution in [2.45, 2.75) is 26.7 Å². The lowest BCUT2D eigenvalue weighted by Crippen LogP contribution is -2.03. The molecule has 0 fully saturated rings. The number of benzene rings is 3. The normalized spacial score (nSPS) is 10.9. The van der Waals surface area contributed by atoms with Gasteiger partial charge in [0.25, 0.3) is 0 Å². The average Bonchev–Trinajstić information content (AvgIpc) is 2.78. The van der Waals surface area contributed by atoms with Crippen molar-refractivity contribution >= 4 is 0 Å². The lowest BCUT2D eigenvalue weighted by atomic mass is 10.0. The molecule has 5 nitrogen and oxygen atoms in total. The van der Waals surface area contributed by atoms with Crippen molar-refractivity contribution in [1.29, 1.82) is 0 Å². The lowest BCUT2D eigenvalue weighted by molar-refractivity contribution is 0.451. The predicted octanol–water partition coefficient (Wildman–Crippen LogP) is 5.41. The highest BCUT2D eigenvalue weighted by Crippen LogP contribution is 2.33. The van der Waals surface area contributed by atoms with Crippen LogP contribution in [0.15, 0.2) is 66.7 Å². The van der Waals surface area contributed by atoms with Gasteiger partial charge in [-0.3, -0.25) is 0 Å². The first-order chi connectivity index (χ1) is 14.6. The summed E-state index contributed by atoms with van der Waals surface area (Å²) in [5.74, 6) is 1.39. The summed E-state index contributed by atoms with van der Waals surface area (Å²) in [5, 5.41) is 20.1. The molecule has 30 heavy (non-hydrogen) atoms. The maximum absolute atomic E-state index is 10.4. The van der Waals surface area contributed by atoms with E-state index < -0.39 is 0 Å². The van der Waals surface area contributed by atoms with Crippen molar-refractivity contribution in [3.05, 3.63) is 77.9 Å². The van der Waals surface area contributed by atoms with E-state index in [1.165, 1.54) is 12.1 Å². The van der Waals surface area contributed by atoms with Crippen LogP contribution in [0.1, 0.15) is 25.0 Å². The molecule has 0 saturated carbocycles. The predicted molar refractivity (Wildman–Crippen MR) is 118 cm³/mol. The molecule has 4 aromatic rings. The third-order valence-corrected chi connectivity index (χ3v) is 5.14. The number of hydrogen-bond acceptors (Lipinski definition) is 5. The SMILES string of the molecule is CCc1ccccc1-c1nc(-c2ccc(O)cc2O)nc(-c2ccccc2CC)n1. The fourth-order valence-electron chi connectivity index (χ4n) is 3.54. The molecule has 0 aliphatic carbocycles. The minimum Gasteiger partial charge on any atom is -0.508 e. The molecule has 4 rings (SSSR count). The smallest absolute Gasteiger partial charge is 0.167 e. The van der Waals surface area contributed by atoms with E-state index in [4.69, 9.17) is 15.0 Å². The van der Waals surface area contributed by atoms with E-state index in [0.717, 1.165) is 35.1 Å². The second kappa shape index (κ2) is 8.33. The molecule has 5 heteroatoms. The molecule has 1 aromatic heterocycles. The Morgan fingerprint density at radius 2 is 1.07 bits per heavy atom. The van der Waals surface area contributed by atoms with E-state index in [2.05, 4.69) is 26.0 Å². The summed E-state index contributed by atoms with van der Waals surface area (Å²) in [7, 11) is 0. The number of phenols is 2. The fourth-order valence-corrected chi connectivity index (χ4v) is 3.54. The maximum Gasteiger partial charge on any atom is 0.167 e. The summed E-state index contributed by atoms with van der Waals surface area (Å²) in [6.07, 6.45) is 1.70. The van der Waals surface area contributed by atoms with E-state index in [-0.39, 0.29) is 11.5 Å². The molecule has 0 bridgehead atoms. The Morgan fingerprint density at radius 1 is 0.600 bits per heavy atom. The van der Waals surface area contributed by atoms with Crippen LogP contribution >= 0.6 is 0 Å². The van der Waals surface area contributed by atoms with E-state index in [0.29, 0.717) is 23.0 Å². The topological polar surface area (TPSA) is 79.1 Å². The first kappa shape index (κ1) is 19.6. The Balaban J connectivity index is 1.99. The third-order valence-electron chi connectivity index (χ3n) is 5.14. The quantitative estimate of drug-likeness (QED) is 0.471. The Labute approximate surface area is 175 Å². The van der Waals surface area contributed by atoms with Crippen LogP contribution in [0.2, 0.25) is 0 Å². The third kappa shape index (κ3) is 3.74. The van der Waals surface area contributed by atoms with Crippen LogP contribution in [0.3, 0.4) is 0 Å². The highest BCUT2D eigenvalue weighted by molar-refractivity contribution is 5.72. The molecule has 2 N–H and O–H groups in total. The van der Waals surface area contributed by atoms with Gasteiger partial charge in [0.05, 0.1) is 5.56 Å². The van der Waals surface area contributed by atoms with Gasteiger partial charge in [0.2, 0.25) is 0 Å². The van der Waals surface area contributed by atoms with Crippen molar-refractivity contribution in [3.8, 4) is 45.7 Å². The van der Waals surface area contributed by atoms with E-state index in [1.54, 1.807) is 6.07 Å². The van der Waals surface area contributed by atoms with Crippen LogP contribution < -0.4 is 0 Å². The number of rotatable bonds is 5. The zero-order chi connectivity index (χ0) is 21.1. The summed E-state index contributed by atoms with van der Waals surface area (Å²) in [4.78, 5) is 14.2. The van der Waals surface area contributed by atoms with Gasteiger partial charge >= 0.3 is 0 Å². The molecule has 0 atom stereocenters. The van der Waals surface area contributed by atoms with Gasteiger partial charge in [-0.1, -0.05) is 62.4 Å². The summed E-state index contributed by atoms with van der Waals surface area (Å²) in [6.45, 7) is 4.19. The van der Waals surface area contributed by atoms with Crippen molar-refractivity contribution < 1.29 is 10.2 Å². The fraction of sp³-hybridized carbons (Fsp3) is 0.160. The summed E-state index contributed by atoms with van der Waals surface area (Å²) in [6, 6.07) is 20.5. The molecule has 3 aromatic carbocycles. The van der Waals surface area contributed by atoms with Crippen molar-refractivity contribution in [1.82, 2.24) is 15.0 Å². The number of phenolic OH excluding ortho intramolecular Hbond substituents is 2. The van der Waals surface area contributed by atoms with Crippen LogP contribution in [0, 0.1) is 0 Å². The second-order valence-electron chi connectivity index (χ2n) is 7.03. The van der Waals surface area contributed by atoms with Gasteiger partial charge in [0, 0.05) is 17.2 Å². The Kier molecular flexibility index (Phi) is 5.44. The summed E-state index contributed by atoms with van der Waals surface area (Å²) in [5.41, 5.74) is 4.61. The molecule has 0 saturated heterocycles. The van der Waals surface area contributed by atoms with Gasteiger partial charge in [0.15, 0.2) is 17.5 Å². The molecule has 1 heterocycles. The van der Waals surface area contributed by atoms with Crippen LogP contribution in [-0.4, -0.2) is 25.2 Å². The molecule has 0 spiro atoms. The van der Waals surface area contributed by atoms with Gasteiger partial charge in [0.1, 0.15) is 11.5 Å². The van der Waals surface area contributed by atoms with Gasteiger partial charge in [-0.05, 0) is 36.1 Å². The van der Waals surface area contributed by atoms with Crippen molar-refractivity contribution in [2.75, 3.05) is 0 Å². The molecule has 0 aliphatic rings. The minimum atomic E-state index is -0.0781. The lowest BCUT2D eigenvalue weighted by Gasteiger charge is -2.13. The number of aromatic nitrogens is 3. The van der Waals surface area contributed by atoms with Gasteiger partial charge < -0.3 is 10.2 Å². The van der Waals surface area contributed by atoms with Crippen LogP contribution in [0.5, 0.6) is 11.5 Å². The molecule has 0 amide bonds. The first-order valence-corrected chi connectivity index (χ1v) is 10.1. The highest BCUT2D eigenvalue weighted by Gasteiger charge is 2.17. The average molecular weight is 397 g/mol. The molecule has 0 radical (unpaired) electrons. The van der Waals surface area contributed by atoms with E-state index in [9.17, 15) is 10.2 Å². The molecular weight excluding hydrogens is 374 g/mol. The van der Waals surface area contributed by atoms with Gasteiger partial charge in [-0.15, -0.1) is 0 Å². The zero-order valence-electron chi connectivity index (χ0n) is 17.0. The van der Waals surface area contributed by atoms with Gasteiger partial charge in [-0.25, -0.2) is 15.0 Å². The number of aromatic hydroxyl groups is 2. The van der Waals surface area contributed by atoms with Crippen molar-refractivity contribution in [3.63, 3.8) is 0 Å². The summed E-state index contributed by atoms with van der Waals surface area (Å²) < 4.78 is 0. The first-order valence-electron chi connectivity index (χ1n) is 10.1. The number of hydrogen-bond donors (Lipinski definition) is 2.